The molecule has 1 aromatic carbocycles. The monoisotopic (exact) mass is 231 g/mol. The summed E-state index contributed by atoms with van der Waals surface area (Å²) in [6, 6.07) is 9.11. The number of anilines is 1. The van der Waals surface area contributed by atoms with Gasteiger partial charge < -0.3 is 15.1 Å². The number of benzene rings is 1. The summed E-state index contributed by atoms with van der Waals surface area (Å²) in [4.78, 5) is 4.38. The zero-order valence-electron chi connectivity index (χ0n) is 9.78. The van der Waals surface area contributed by atoms with E-state index in [-0.39, 0.29) is 0 Å². The minimum absolute atomic E-state index is 0.629. The number of nitrogens with one attached hydrogen (secondary N) is 2. The minimum Gasteiger partial charge on any atom is -0.424 e. The van der Waals surface area contributed by atoms with E-state index >= 15 is 0 Å². The first kappa shape index (κ1) is 10.6. The van der Waals surface area contributed by atoms with Crippen LogP contribution in [0.15, 0.2) is 28.7 Å². The van der Waals surface area contributed by atoms with Crippen molar-refractivity contribution in [2.75, 3.05) is 18.4 Å². The molecule has 4 nitrogen and oxygen atoms in total. The Morgan fingerprint density at radius 1 is 1.41 bits per heavy atom. The number of para-hydroxylation sites is 2. The van der Waals surface area contributed by atoms with E-state index in [0.717, 1.165) is 30.6 Å². The van der Waals surface area contributed by atoms with Gasteiger partial charge in [0.25, 0.3) is 6.01 Å². The molecule has 1 atom stereocenters. The molecule has 1 saturated heterocycles. The lowest BCUT2D eigenvalue weighted by Crippen LogP contribution is -2.24. The topological polar surface area (TPSA) is 50.1 Å². The molecule has 4 heteroatoms. The maximum Gasteiger partial charge on any atom is 0.295 e. The summed E-state index contributed by atoms with van der Waals surface area (Å²) in [5.41, 5.74) is 1.75. The van der Waals surface area contributed by atoms with Crippen LogP contribution in [0.5, 0.6) is 0 Å². The lowest BCUT2D eigenvalue weighted by Gasteiger charge is -2.09. The van der Waals surface area contributed by atoms with Crippen molar-refractivity contribution in [3.8, 4) is 0 Å². The number of oxazole rings is 1. The van der Waals surface area contributed by atoms with Crippen molar-refractivity contribution >= 4 is 17.1 Å². The third-order valence-electron chi connectivity index (χ3n) is 3.23. The second-order valence-electron chi connectivity index (χ2n) is 4.50. The van der Waals surface area contributed by atoms with Crippen LogP contribution in [0.4, 0.5) is 6.01 Å². The highest BCUT2D eigenvalue weighted by Crippen LogP contribution is 2.18. The molecule has 0 spiro atoms. The second-order valence-corrected chi connectivity index (χ2v) is 4.50. The minimum atomic E-state index is 0.629. The van der Waals surface area contributed by atoms with Gasteiger partial charge in [0, 0.05) is 12.6 Å². The van der Waals surface area contributed by atoms with E-state index < -0.39 is 0 Å². The first-order valence-corrected chi connectivity index (χ1v) is 6.25. The third kappa shape index (κ3) is 2.42. The molecule has 1 fully saturated rings. The molecule has 0 amide bonds. The van der Waals surface area contributed by atoms with Gasteiger partial charge in [-0.15, -0.1) is 0 Å². The van der Waals surface area contributed by atoms with Crippen molar-refractivity contribution in [1.82, 2.24) is 10.3 Å². The average molecular weight is 231 g/mol. The summed E-state index contributed by atoms with van der Waals surface area (Å²) in [7, 11) is 0. The van der Waals surface area contributed by atoms with Crippen molar-refractivity contribution in [1.29, 1.82) is 0 Å². The molecule has 2 heterocycles. The lowest BCUT2D eigenvalue weighted by atomic mass is 10.2. The number of hydrogen-bond donors (Lipinski definition) is 2. The molecule has 90 valence electrons. The van der Waals surface area contributed by atoms with Gasteiger partial charge in [-0.05, 0) is 37.9 Å². The zero-order valence-corrected chi connectivity index (χ0v) is 9.78. The van der Waals surface area contributed by atoms with Crippen LogP contribution in [-0.4, -0.2) is 24.1 Å². The molecule has 1 aromatic heterocycles. The highest BCUT2D eigenvalue weighted by atomic mass is 16.4. The van der Waals surface area contributed by atoms with Crippen LogP contribution in [0.25, 0.3) is 11.1 Å². The van der Waals surface area contributed by atoms with Crippen LogP contribution >= 0.6 is 0 Å². The number of fused-ring (bicyclic) bond motifs is 1. The Morgan fingerprint density at radius 2 is 2.35 bits per heavy atom. The Hall–Kier alpha value is -1.55. The van der Waals surface area contributed by atoms with Gasteiger partial charge in [0.1, 0.15) is 5.52 Å². The molecule has 2 aromatic rings. The predicted molar refractivity (Wildman–Crippen MR) is 68.1 cm³/mol. The lowest BCUT2D eigenvalue weighted by molar-refractivity contribution is 0.561. The summed E-state index contributed by atoms with van der Waals surface area (Å²) in [6.07, 6.45) is 3.71. The Bertz CT molecular complexity index is 455. The third-order valence-corrected chi connectivity index (χ3v) is 3.23. The average Bonchev–Trinajstić information content (AvgIpc) is 2.96. The fraction of sp³-hybridized carbons (Fsp3) is 0.462. The number of aromatic nitrogens is 1. The maximum atomic E-state index is 5.59. The predicted octanol–water partition coefficient (Wildman–Crippen LogP) is 2.38. The van der Waals surface area contributed by atoms with E-state index in [1.54, 1.807) is 0 Å². The highest BCUT2D eigenvalue weighted by molar-refractivity contribution is 5.74. The molecular weight excluding hydrogens is 214 g/mol. The summed E-state index contributed by atoms with van der Waals surface area (Å²) >= 11 is 0. The fourth-order valence-corrected chi connectivity index (χ4v) is 2.30. The van der Waals surface area contributed by atoms with Gasteiger partial charge in [0.15, 0.2) is 5.58 Å². The van der Waals surface area contributed by atoms with Crippen molar-refractivity contribution in [2.24, 2.45) is 0 Å². The first-order chi connectivity index (χ1) is 8.42. The fourth-order valence-electron chi connectivity index (χ4n) is 2.30. The van der Waals surface area contributed by atoms with E-state index in [1.165, 1.54) is 12.8 Å². The standard InChI is InChI=1S/C13H17N3O/c1-2-6-12-11(5-1)16-13(17-12)15-9-7-10-4-3-8-14-10/h1-2,5-6,10,14H,3-4,7-9H2,(H,15,16)/t10-/m1/s1. The van der Waals surface area contributed by atoms with E-state index in [4.69, 9.17) is 4.42 Å². The molecule has 17 heavy (non-hydrogen) atoms. The summed E-state index contributed by atoms with van der Waals surface area (Å²) < 4.78 is 5.59. The largest absolute Gasteiger partial charge is 0.424 e. The van der Waals surface area contributed by atoms with Crippen LogP contribution < -0.4 is 10.6 Å². The zero-order chi connectivity index (χ0) is 11.5. The Kier molecular flexibility index (Phi) is 2.96. The molecule has 0 aliphatic carbocycles. The summed E-state index contributed by atoms with van der Waals surface area (Å²) in [5.74, 6) is 0. The molecular formula is C13H17N3O. The van der Waals surface area contributed by atoms with Crippen LogP contribution in [0.2, 0.25) is 0 Å². The molecule has 1 aliphatic rings. The molecule has 0 bridgehead atoms. The Balaban J connectivity index is 1.57. The van der Waals surface area contributed by atoms with Gasteiger partial charge in [0.2, 0.25) is 0 Å². The molecule has 0 unspecified atom stereocenters. The summed E-state index contributed by atoms with van der Waals surface area (Å²) in [6.45, 7) is 2.07. The van der Waals surface area contributed by atoms with Gasteiger partial charge in [-0.3, -0.25) is 0 Å². The van der Waals surface area contributed by atoms with Crippen LogP contribution in [0.3, 0.4) is 0 Å². The van der Waals surface area contributed by atoms with E-state index in [9.17, 15) is 0 Å². The van der Waals surface area contributed by atoms with Crippen LogP contribution in [-0.2, 0) is 0 Å². The Labute approximate surface area is 100 Å². The van der Waals surface area contributed by atoms with Crippen molar-refractivity contribution in [3.05, 3.63) is 24.3 Å². The Morgan fingerprint density at radius 3 is 3.18 bits per heavy atom. The number of rotatable bonds is 4. The van der Waals surface area contributed by atoms with Gasteiger partial charge >= 0.3 is 0 Å². The van der Waals surface area contributed by atoms with Crippen LogP contribution in [0.1, 0.15) is 19.3 Å². The highest BCUT2D eigenvalue weighted by Gasteiger charge is 2.13. The molecule has 0 radical (unpaired) electrons. The van der Waals surface area contributed by atoms with E-state index in [0.29, 0.717) is 12.1 Å². The smallest absolute Gasteiger partial charge is 0.295 e. The van der Waals surface area contributed by atoms with E-state index in [2.05, 4.69) is 15.6 Å². The molecule has 2 N–H and O–H groups in total. The summed E-state index contributed by atoms with van der Waals surface area (Å²) in [5, 5.41) is 6.72. The number of nitrogens with zero attached hydrogens (tertiary/aromatic N) is 1. The molecule has 3 rings (SSSR count). The maximum absolute atomic E-state index is 5.59. The van der Waals surface area contributed by atoms with Gasteiger partial charge in [-0.25, -0.2) is 0 Å². The van der Waals surface area contributed by atoms with Crippen molar-refractivity contribution < 1.29 is 4.42 Å². The van der Waals surface area contributed by atoms with Gasteiger partial charge in [0.05, 0.1) is 0 Å². The normalized spacial score (nSPS) is 19.9. The molecule has 1 aliphatic heterocycles. The SMILES string of the molecule is c1ccc2oc(NCC[C@H]3CCCN3)nc2c1. The van der Waals surface area contributed by atoms with Gasteiger partial charge in [-0.2, -0.15) is 4.98 Å². The number of hydrogen-bond acceptors (Lipinski definition) is 4. The quantitative estimate of drug-likeness (QED) is 0.848. The second kappa shape index (κ2) is 4.75. The van der Waals surface area contributed by atoms with E-state index in [1.807, 2.05) is 24.3 Å². The van der Waals surface area contributed by atoms with Crippen molar-refractivity contribution in [2.45, 2.75) is 25.3 Å². The molecule has 0 saturated carbocycles. The van der Waals surface area contributed by atoms with Gasteiger partial charge in [-0.1, -0.05) is 12.1 Å². The first-order valence-electron chi connectivity index (χ1n) is 6.25. The van der Waals surface area contributed by atoms with Crippen molar-refractivity contribution in [3.63, 3.8) is 0 Å². The van der Waals surface area contributed by atoms with Crippen LogP contribution in [0, 0.1) is 0 Å².